The van der Waals surface area contributed by atoms with E-state index in [1.807, 2.05) is 13.0 Å². The van der Waals surface area contributed by atoms with Gasteiger partial charge in [0.15, 0.2) is 0 Å². The average Bonchev–Trinajstić information content (AvgIpc) is 2.57. The maximum absolute atomic E-state index is 11.1. The third-order valence-corrected chi connectivity index (χ3v) is 4.36. The number of hydrogen-bond donors (Lipinski definition) is 1. The SMILES string of the molecule is Cc1cc(C)c([N+](=O)[O-])cc1NC1CCCC(C)CC1. The number of aryl methyl sites for hydroxylation is 2. The molecule has 2 atom stereocenters. The largest absolute Gasteiger partial charge is 0.382 e. The molecule has 1 aliphatic rings. The molecular formula is C16H24N2O2. The zero-order valence-electron chi connectivity index (χ0n) is 12.6. The zero-order chi connectivity index (χ0) is 14.7. The Hall–Kier alpha value is -1.58. The summed E-state index contributed by atoms with van der Waals surface area (Å²) in [5.74, 6) is 0.801. The Morgan fingerprint density at radius 1 is 1.15 bits per heavy atom. The summed E-state index contributed by atoms with van der Waals surface area (Å²) >= 11 is 0. The van der Waals surface area contributed by atoms with Crippen LogP contribution in [0.1, 0.15) is 50.2 Å². The van der Waals surface area contributed by atoms with Gasteiger partial charge in [-0.15, -0.1) is 0 Å². The van der Waals surface area contributed by atoms with E-state index >= 15 is 0 Å². The molecule has 0 aliphatic heterocycles. The molecule has 0 spiro atoms. The Labute approximate surface area is 120 Å². The van der Waals surface area contributed by atoms with Gasteiger partial charge in [0.1, 0.15) is 0 Å². The summed E-state index contributed by atoms with van der Waals surface area (Å²) in [5.41, 5.74) is 2.94. The molecule has 2 rings (SSSR count). The summed E-state index contributed by atoms with van der Waals surface area (Å²) in [4.78, 5) is 10.8. The van der Waals surface area contributed by atoms with Crippen molar-refractivity contribution >= 4 is 11.4 Å². The molecule has 2 unspecified atom stereocenters. The van der Waals surface area contributed by atoms with Gasteiger partial charge >= 0.3 is 0 Å². The van der Waals surface area contributed by atoms with E-state index in [2.05, 4.69) is 12.2 Å². The number of nitro benzene ring substituents is 1. The van der Waals surface area contributed by atoms with E-state index < -0.39 is 0 Å². The van der Waals surface area contributed by atoms with Crippen molar-refractivity contribution in [3.05, 3.63) is 33.4 Å². The van der Waals surface area contributed by atoms with E-state index in [9.17, 15) is 10.1 Å². The lowest BCUT2D eigenvalue weighted by molar-refractivity contribution is -0.385. The maximum Gasteiger partial charge on any atom is 0.274 e. The first-order chi connectivity index (χ1) is 9.47. The fraction of sp³-hybridized carbons (Fsp3) is 0.625. The minimum Gasteiger partial charge on any atom is -0.382 e. The maximum atomic E-state index is 11.1. The van der Waals surface area contributed by atoms with Gasteiger partial charge in [-0.2, -0.15) is 0 Å². The van der Waals surface area contributed by atoms with Crippen molar-refractivity contribution in [3.63, 3.8) is 0 Å². The fourth-order valence-electron chi connectivity index (χ4n) is 3.04. The van der Waals surface area contributed by atoms with E-state index in [4.69, 9.17) is 0 Å². The summed E-state index contributed by atoms with van der Waals surface area (Å²) in [5, 5.41) is 14.6. The number of rotatable bonds is 3. The Balaban J connectivity index is 2.16. The molecule has 4 heteroatoms. The Morgan fingerprint density at radius 3 is 2.60 bits per heavy atom. The molecule has 0 saturated heterocycles. The molecule has 0 aromatic heterocycles. The first-order valence-corrected chi connectivity index (χ1v) is 7.49. The van der Waals surface area contributed by atoms with Crippen LogP contribution in [0.15, 0.2) is 12.1 Å². The number of benzene rings is 1. The van der Waals surface area contributed by atoms with Crippen molar-refractivity contribution in [2.75, 3.05) is 5.32 Å². The monoisotopic (exact) mass is 276 g/mol. The molecule has 1 aromatic carbocycles. The van der Waals surface area contributed by atoms with Crippen molar-refractivity contribution < 1.29 is 4.92 Å². The molecule has 0 amide bonds. The third kappa shape index (κ3) is 3.50. The van der Waals surface area contributed by atoms with Gasteiger partial charge < -0.3 is 5.32 Å². The molecule has 1 saturated carbocycles. The summed E-state index contributed by atoms with van der Waals surface area (Å²) < 4.78 is 0. The standard InChI is InChI=1S/C16H24N2O2/c1-11-5-4-6-14(8-7-11)17-15-10-16(18(19)20)13(3)9-12(15)2/h9-11,14,17H,4-8H2,1-3H3. The molecule has 4 nitrogen and oxygen atoms in total. The Kier molecular flexibility index (Phi) is 4.63. The molecule has 0 heterocycles. The van der Waals surface area contributed by atoms with Crippen molar-refractivity contribution in [1.82, 2.24) is 0 Å². The van der Waals surface area contributed by atoms with Crippen LogP contribution in [-0.2, 0) is 0 Å². The third-order valence-electron chi connectivity index (χ3n) is 4.36. The van der Waals surface area contributed by atoms with Crippen molar-refractivity contribution in [1.29, 1.82) is 0 Å². The number of nitrogens with one attached hydrogen (secondary N) is 1. The molecule has 110 valence electrons. The van der Waals surface area contributed by atoms with Crippen molar-refractivity contribution in [2.24, 2.45) is 5.92 Å². The second-order valence-electron chi connectivity index (χ2n) is 6.17. The van der Waals surface area contributed by atoms with Crippen LogP contribution >= 0.6 is 0 Å². The molecule has 0 radical (unpaired) electrons. The topological polar surface area (TPSA) is 55.2 Å². The first-order valence-electron chi connectivity index (χ1n) is 7.49. The normalized spacial score (nSPS) is 23.1. The first kappa shape index (κ1) is 14.8. The highest BCUT2D eigenvalue weighted by molar-refractivity contribution is 5.60. The highest BCUT2D eigenvalue weighted by Gasteiger charge is 2.19. The van der Waals surface area contributed by atoms with Crippen LogP contribution in [0.3, 0.4) is 0 Å². The summed E-state index contributed by atoms with van der Waals surface area (Å²) in [6.45, 7) is 6.12. The lowest BCUT2D eigenvalue weighted by atomic mass is 10.0. The predicted octanol–water partition coefficient (Wildman–Crippen LogP) is 4.59. The van der Waals surface area contributed by atoms with Crippen LogP contribution in [0.25, 0.3) is 0 Å². The van der Waals surface area contributed by atoms with Gasteiger partial charge in [-0.25, -0.2) is 0 Å². The lowest BCUT2D eigenvalue weighted by Gasteiger charge is -2.19. The van der Waals surface area contributed by atoms with Crippen LogP contribution in [0.5, 0.6) is 0 Å². The highest BCUT2D eigenvalue weighted by Crippen LogP contribution is 2.30. The number of anilines is 1. The van der Waals surface area contributed by atoms with Gasteiger partial charge in [-0.1, -0.05) is 19.8 Å². The molecular weight excluding hydrogens is 252 g/mol. The minimum atomic E-state index is -0.297. The van der Waals surface area contributed by atoms with Crippen LogP contribution in [0.4, 0.5) is 11.4 Å². The number of nitrogens with zero attached hydrogens (tertiary/aromatic N) is 1. The van der Waals surface area contributed by atoms with Gasteiger partial charge in [0.25, 0.3) is 5.69 Å². The molecule has 0 bridgehead atoms. The average molecular weight is 276 g/mol. The molecule has 1 fully saturated rings. The van der Waals surface area contributed by atoms with E-state index in [-0.39, 0.29) is 10.6 Å². The Morgan fingerprint density at radius 2 is 1.90 bits per heavy atom. The van der Waals surface area contributed by atoms with Crippen LogP contribution in [-0.4, -0.2) is 11.0 Å². The minimum absolute atomic E-state index is 0.208. The number of nitro groups is 1. The van der Waals surface area contributed by atoms with Crippen LogP contribution in [0, 0.1) is 29.9 Å². The molecule has 1 N–H and O–H groups in total. The van der Waals surface area contributed by atoms with Gasteiger partial charge in [-0.3, -0.25) is 10.1 Å². The van der Waals surface area contributed by atoms with E-state index in [0.29, 0.717) is 6.04 Å². The molecule has 20 heavy (non-hydrogen) atoms. The molecule has 1 aromatic rings. The molecule has 1 aliphatic carbocycles. The Bertz CT molecular complexity index is 499. The van der Waals surface area contributed by atoms with E-state index in [1.54, 1.807) is 13.0 Å². The predicted molar refractivity (Wildman–Crippen MR) is 82.2 cm³/mol. The lowest BCUT2D eigenvalue weighted by Crippen LogP contribution is -2.19. The zero-order valence-corrected chi connectivity index (χ0v) is 12.6. The van der Waals surface area contributed by atoms with Crippen molar-refractivity contribution in [3.8, 4) is 0 Å². The second kappa shape index (κ2) is 6.25. The smallest absolute Gasteiger partial charge is 0.274 e. The summed E-state index contributed by atoms with van der Waals surface area (Å²) in [7, 11) is 0. The van der Waals surface area contributed by atoms with E-state index in [1.165, 1.54) is 19.3 Å². The van der Waals surface area contributed by atoms with Gasteiger partial charge in [0.2, 0.25) is 0 Å². The fourth-order valence-corrected chi connectivity index (χ4v) is 3.04. The quantitative estimate of drug-likeness (QED) is 0.499. The van der Waals surface area contributed by atoms with Gasteiger partial charge in [-0.05, 0) is 50.7 Å². The van der Waals surface area contributed by atoms with Crippen LogP contribution < -0.4 is 5.32 Å². The van der Waals surface area contributed by atoms with Crippen LogP contribution in [0.2, 0.25) is 0 Å². The van der Waals surface area contributed by atoms with Gasteiger partial charge in [0.05, 0.1) is 4.92 Å². The summed E-state index contributed by atoms with van der Waals surface area (Å²) in [6.07, 6.45) is 6.09. The summed E-state index contributed by atoms with van der Waals surface area (Å²) in [6, 6.07) is 4.04. The van der Waals surface area contributed by atoms with Crippen molar-refractivity contribution in [2.45, 2.75) is 58.9 Å². The second-order valence-corrected chi connectivity index (χ2v) is 6.17. The van der Waals surface area contributed by atoms with E-state index in [0.717, 1.165) is 35.6 Å². The number of hydrogen-bond acceptors (Lipinski definition) is 3. The van der Waals surface area contributed by atoms with Gasteiger partial charge in [0, 0.05) is 23.4 Å². The highest BCUT2D eigenvalue weighted by atomic mass is 16.6.